The van der Waals surface area contributed by atoms with Gasteiger partial charge in [-0.2, -0.15) is 5.26 Å². The van der Waals surface area contributed by atoms with Gasteiger partial charge < -0.3 is 9.64 Å². The second-order valence-electron chi connectivity index (χ2n) is 8.78. The molecule has 0 N–H and O–H groups in total. The normalized spacial score (nSPS) is 22.5. The van der Waals surface area contributed by atoms with Crippen LogP contribution in [0.1, 0.15) is 62.1 Å². The molecule has 4 rings (SSSR count). The van der Waals surface area contributed by atoms with Crippen LogP contribution < -0.4 is 10.5 Å². The average molecular weight is 487 g/mol. The Morgan fingerprint density at radius 2 is 2.00 bits per heavy atom. The van der Waals surface area contributed by atoms with Crippen molar-refractivity contribution in [3.05, 3.63) is 31.9 Å². The summed E-state index contributed by atoms with van der Waals surface area (Å²) in [6, 6.07) is 2.11. The fraction of sp³-hybridized carbons (Fsp3) is 0.583. The van der Waals surface area contributed by atoms with Crippen LogP contribution in [0.15, 0.2) is 9.70 Å². The number of nitrogens with zero attached hydrogens (tertiary/aromatic N) is 4. The zero-order chi connectivity index (χ0) is 23.5. The van der Waals surface area contributed by atoms with Crippen LogP contribution in [0.2, 0.25) is 0 Å². The topological polar surface area (TPSA) is 78.6 Å². The minimum atomic E-state index is -0.250. The largest absolute Gasteiger partial charge is 0.376 e. The number of pyridine rings is 1. The Hall–Kier alpha value is -2.15. The highest BCUT2D eigenvalue weighted by molar-refractivity contribution is 8.26. The fourth-order valence-corrected chi connectivity index (χ4v) is 6.06. The lowest BCUT2D eigenvalue weighted by Gasteiger charge is -2.33. The van der Waals surface area contributed by atoms with Crippen molar-refractivity contribution in [3.63, 3.8) is 0 Å². The van der Waals surface area contributed by atoms with Gasteiger partial charge in [-0.15, -0.1) is 0 Å². The molecule has 176 valence electrons. The first-order valence-electron chi connectivity index (χ1n) is 11.8. The Kier molecular flexibility index (Phi) is 7.57. The van der Waals surface area contributed by atoms with E-state index in [2.05, 4.69) is 11.0 Å². The van der Waals surface area contributed by atoms with E-state index in [4.69, 9.17) is 17.0 Å². The number of piperidine rings is 1. The summed E-state index contributed by atoms with van der Waals surface area (Å²) in [4.78, 5) is 30.9. The van der Waals surface area contributed by atoms with Crippen LogP contribution in [-0.4, -0.2) is 52.0 Å². The van der Waals surface area contributed by atoms with Crippen molar-refractivity contribution in [1.29, 1.82) is 5.26 Å². The number of aromatic nitrogens is 1. The highest BCUT2D eigenvalue weighted by Gasteiger charge is 2.35. The van der Waals surface area contributed by atoms with Gasteiger partial charge in [0.1, 0.15) is 21.8 Å². The van der Waals surface area contributed by atoms with Gasteiger partial charge in [-0.25, -0.2) is 0 Å². The number of thiocarbonyl (C=S) groups is 1. The number of hydrogen-bond donors (Lipinski definition) is 0. The summed E-state index contributed by atoms with van der Waals surface area (Å²) in [5.41, 5.74) is 1.30. The van der Waals surface area contributed by atoms with Gasteiger partial charge in [0.2, 0.25) is 0 Å². The third-order valence-corrected chi connectivity index (χ3v) is 7.89. The Morgan fingerprint density at radius 1 is 1.24 bits per heavy atom. The molecule has 0 spiro atoms. The van der Waals surface area contributed by atoms with Gasteiger partial charge in [-0.1, -0.05) is 30.9 Å². The number of carbonyl (C=O) groups is 1. The van der Waals surface area contributed by atoms with Gasteiger partial charge in [-0.05, 0) is 57.1 Å². The highest BCUT2D eigenvalue weighted by Crippen LogP contribution is 2.37. The lowest BCUT2D eigenvalue weighted by Crippen LogP contribution is -2.37. The minimum Gasteiger partial charge on any atom is -0.376 e. The maximum Gasteiger partial charge on any atom is 0.270 e. The molecule has 3 saturated heterocycles. The number of amides is 1. The predicted molar refractivity (Wildman–Crippen MR) is 135 cm³/mol. The van der Waals surface area contributed by atoms with Crippen molar-refractivity contribution < 1.29 is 9.53 Å². The maximum absolute atomic E-state index is 13.3. The molecule has 1 atom stereocenters. The van der Waals surface area contributed by atoms with E-state index >= 15 is 0 Å². The van der Waals surface area contributed by atoms with E-state index in [0.29, 0.717) is 27.9 Å². The summed E-state index contributed by atoms with van der Waals surface area (Å²) in [6.07, 6.45) is 7.86. The number of ether oxygens (including phenoxy) is 1. The quantitative estimate of drug-likeness (QED) is 0.447. The summed E-state index contributed by atoms with van der Waals surface area (Å²) in [5.74, 6) is 0.693. The van der Waals surface area contributed by atoms with Crippen molar-refractivity contribution in [1.82, 2.24) is 9.47 Å². The lowest BCUT2D eigenvalue weighted by molar-refractivity contribution is -0.123. The lowest BCUT2D eigenvalue weighted by atomic mass is 10.0. The number of nitriles is 1. The molecule has 3 aliphatic rings. The van der Waals surface area contributed by atoms with E-state index in [-0.39, 0.29) is 23.1 Å². The monoisotopic (exact) mass is 486 g/mol. The van der Waals surface area contributed by atoms with Crippen molar-refractivity contribution in [2.75, 3.05) is 31.1 Å². The van der Waals surface area contributed by atoms with Crippen molar-refractivity contribution in [3.8, 4) is 6.07 Å². The molecule has 3 fully saturated rings. The molecule has 0 aliphatic carbocycles. The third kappa shape index (κ3) is 4.75. The SMILES string of the molecule is CCCn1c(N2CCCCC2)c(/C=C2\SC(=S)N(CC3CCCO3)C2=O)c(C)c(C#N)c1=O. The molecular weight excluding hydrogens is 456 g/mol. The van der Waals surface area contributed by atoms with Crippen molar-refractivity contribution >= 4 is 46.1 Å². The van der Waals surface area contributed by atoms with Crippen molar-refractivity contribution in [2.24, 2.45) is 0 Å². The van der Waals surface area contributed by atoms with E-state index in [9.17, 15) is 14.9 Å². The van der Waals surface area contributed by atoms with E-state index in [1.165, 1.54) is 18.2 Å². The summed E-state index contributed by atoms with van der Waals surface area (Å²) < 4.78 is 7.97. The van der Waals surface area contributed by atoms with Crippen LogP contribution in [0.5, 0.6) is 0 Å². The van der Waals surface area contributed by atoms with E-state index < -0.39 is 0 Å². The van der Waals surface area contributed by atoms with Gasteiger partial charge in [0, 0.05) is 31.8 Å². The van der Waals surface area contributed by atoms with Crippen LogP contribution in [0, 0.1) is 18.3 Å². The van der Waals surface area contributed by atoms with Crippen LogP contribution >= 0.6 is 24.0 Å². The van der Waals surface area contributed by atoms with Gasteiger partial charge in [0.15, 0.2) is 0 Å². The number of thioether (sulfide) groups is 1. The first kappa shape index (κ1) is 24.0. The molecule has 3 aliphatic heterocycles. The van der Waals surface area contributed by atoms with Crippen molar-refractivity contribution in [2.45, 2.75) is 65.0 Å². The van der Waals surface area contributed by atoms with Crippen LogP contribution in [-0.2, 0) is 16.1 Å². The van der Waals surface area contributed by atoms with Gasteiger partial charge in [0.25, 0.3) is 11.5 Å². The molecule has 0 aromatic carbocycles. The van der Waals surface area contributed by atoms with E-state index in [1.54, 1.807) is 9.47 Å². The van der Waals surface area contributed by atoms with Crippen LogP contribution in [0.25, 0.3) is 6.08 Å². The zero-order valence-corrected chi connectivity index (χ0v) is 20.9. The molecule has 1 aromatic heterocycles. The van der Waals surface area contributed by atoms with E-state index in [1.807, 2.05) is 19.9 Å². The number of hydrogen-bond acceptors (Lipinski definition) is 7. The molecular formula is C24H30N4O3S2. The summed E-state index contributed by atoms with van der Waals surface area (Å²) in [7, 11) is 0. The highest BCUT2D eigenvalue weighted by atomic mass is 32.2. The number of carbonyl (C=O) groups excluding carboxylic acids is 1. The second-order valence-corrected chi connectivity index (χ2v) is 10.5. The summed E-state index contributed by atoms with van der Waals surface area (Å²) in [6.45, 7) is 7.27. The molecule has 0 radical (unpaired) electrons. The number of anilines is 1. The summed E-state index contributed by atoms with van der Waals surface area (Å²) >= 11 is 6.81. The first-order valence-corrected chi connectivity index (χ1v) is 13.0. The Labute approximate surface area is 204 Å². The summed E-state index contributed by atoms with van der Waals surface area (Å²) in [5, 5.41) is 9.76. The smallest absolute Gasteiger partial charge is 0.270 e. The van der Waals surface area contributed by atoms with Gasteiger partial charge >= 0.3 is 0 Å². The molecule has 0 bridgehead atoms. The molecule has 33 heavy (non-hydrogen) atoms. The Bertz CT molecular complexity index is 1080. The minimum absolute atomic E-state index is 0.0224. The molecule has 1 unspecified atom stereocenters. The van der Waals surface area contributed by atoms with Crippen LogP contribution in [0.4, 0.5) is 5.82 Å². The predicted octanol–water partition coefficient (Wildman–Crippen LogP) is 3.81. The molecule has 4 heterocycles. The van der Waals surface area contributed by atoms with E-state index in [0.717, 1.165) is 63.2 Å². The fourth-order valence-electron chi connectivity index (χ4n) is 4.80. The molecule has 1 aromatic rings. The first-order chi connectivity index (χ1) is 16.0. The molecule has 0 saturated carbocycles. The standard InChI is InChI=1S/C24H30N4O3S2/c1-3-9-27-21(26-10-5-4-6-11-26)18(16(2)19(14-25)22(27)29)13-20-23(30)28(24(32)33-20)15-17-8-7-12-31-17/h13,17H,3-12,15H2,1-2H3/b20-13-. The van der Waals surface area contributed by atoms with Gasteiger partial charge in [0.05, 0.1) is 17.6 Å². The zero-order valence-electron chi connectivity index (χ0n) is 19.3. The number of rotatable bonds is 6. The Balaban J connectivity index is 1.80. The molecule has 9 heteroatoms. The molecule has 7 nitrogen and oxygen atoms in total. The Morgan fingerprint density at radius 3 is 2.64 bits per heavy atom. The van der Waals surface area contributed by atoms with Gasteiger partial charge in [-0.3, -0.25) is 19.1 Å². The van der Waals surface area contributed by atoms with Crippen LogP contribution in [0.3, 0.4) is 0 Å². The average Bonchev–Trinajstić information content (AvgIpc) is 3.42. The third-order valence-electron chi connectivity index (χ3n) is 6.51. The molecule has 1 amide bonds. The maximum atomic E-state index is 13.3. The second kappa shape index (κ2) is 10.4.